The number of rotatable bonds is 1. The molecule has 76 valence electrons. The van der Waals surface area contributed by atoms with Crippen LogP contribution in [0.15, 0.2) is 0 Å². The molecule has 1 rings (SSSR count). The number of nitrogens with one attached hydrogen (secondary N) is 1. The standard InChI is InChI=1S/C3H5NOS.C2H7NO.CS2/c6-3-4-1-2-5-3;3-1-2-4;2-1-3/h1-2H2,(H,4,6);4H,1-3H2;. The van der Waals surface area contributed by atoms with Crippen LogP contribution in [0, 0.1) is 0 Å². The summed E-state index contributed by atoms with van der Waals surface area (Å²) >= 11 is 12.5. The molecular formula is C6H12N2O2S3. The maximum Gasteiger partial charge on any atom is 0.256 e. The number of hydrogen-bond donors (Lipinski definition) is 3. The molecule has 4 N–H and O–H groups in total. The fourth-order valence-electron chi connectivity index (χ4n) is 0.348. The third-order valence-electron chi connectivity index (χ3n) is 0.734. The molecule has 0 aromatic heterocycles. The molecule has 0 aliphatic carbocycles. The zero-order chi connectivity index (χ0) is 10.5. The number of thiocarbonyl (C=S) groups is 3. The van der Waals surface area contributed by atoms with E-state index in [1.807, 2.05) is 4.31 Å². The van der Waals surface area contributed by atoms with Gasteiger partial charge in [0.05, 0.1) is 13.2 Å². The predicted molar refractivity (Wildman–Crippen MR) is 62.9 cm³/mol. The third kappa shape index (κ3) is 18.6. The van der Waals surface area contributed by atoms with Crippen LogP contribution in [0.25, 0.3) is 0 Å². The topological polar surface area (TPSA) is 67.5 Å². The average Bonchev–Trinajstić information content (AvgIpc) is 2.58. The molecule has 0 amide bonds. The molecule has 0 radical (unpaired) electrons. The first-order valence-corrected chi connectivity index (χ1v) is 4.66. The van der Waals surface area contributed by atoms with Crippen LogP contribution in [0.5, 0.6) is 0 Å². The highest BCUT2D eigenvalue weighted by molar-refractivity contribution is 7.93. The molecule has 1 aliphatic heterocycles. The van der Waals surface area contributed by atoms with Gasteiger partial charge in [-0.2, -0.15) is 0 Å². The second-order valence-corrected chi connectivity index (χ2v) is 2.70. The number of aliphatic hydroxyl groups is 1. The second-order valence-electron chi connectivity index (χ2n) is 1.66. The lowest BCUT2D eigenvalue weighted by Gasteiger charge is -1.85. The predicted octanol–water partition coefficient (Wildman–Crippen LogP) is -0.153. The highest BCUT2D eigenvalue weighted by Crippen LogP contribution is 1.83. The maximum atomic E-state index is 7.75. The second kappa shape index (κ2) is 14.4. The monoisotopic (exact) mass is 240 g/mol. The molecule has 0 spiro atoms. The summed E-state index contributed by atoms with van der Waals surface area (Å²) in [5.41, 5.74) is 4.78. The van der Waals surface area contributed by atoms with Gasteiger partial charge in [0.15, 0.2) is 0 Å². The van der Waals surface area contributed by atoms with Crippen molar-refractivity contribution in [1.29, 1.82) is 0 Å². The molecule has 1 saturated heterocycles. The van der Waals surface area contributed by atoms with Crippen LogP contribution in [0.2, 0.25) is 0 Å². The highest BCUT2D eigenvalue weighted by atomic mass is 32.1. The summed E-state index contributed by atoms with van der Waals surface area (Å²) in [6.45, 7) is 2.08. The zero-order valence-electron chi connectivity index (χ0n) is 6.99. The van der Waals surface area contributed by atoms with Gasteiger partial charge in [-0.3, -0.25) is 0 Å². The minimum Gasteiger partial charge on any atom is -0.469 e. The molecule has 13 heavy (non-hydrogen) atoms. The van der Waals surface area contributed by atoms with Crippen LogP contribution >= 0.6 is 36.7 Å². The van der Waals surface area contributed by atoms with Crippen molar-refractivity contribution in [3.8, 4) is 0 Å². The molecule has 0 aromatic carbocycles. The quantitative estimate of drug-likeness (QED) is 0.551. The average molecular weight is 240 g/mol. The Balaban J connectivity index is 0. The lowest BCUT2D eigenvalue weighted by molar-refractivity contribution is 0.306. The molecule has 1 fully saturated rings. The van der Waals surface area contributed by atoms with E-state index in [1.165, 1.54) is 0 Å². The van der Waals surface area contributed by atoms with E-state index in [-0.39, 0.29) is 6.61 Å². The Morgan fingerprint density at radius 3 is 2.15 bits per heavy atom. The van der Waals surface area contributed by atoms with Gasteiger partial charge in [-0.05, 0) is 36.7 Å². The summed E-state index contributed by atoms with van der Waals surface area (Å²) in [5.74, 6) is 0. The molecule has 4 nitrogen and oxygen atoms in total. The number of aliphatic hydroxyl groups excluding tert-OH is 1. The van der Waals surface area contributed by atoms with Crippen molar-refractivity contribution >= 4 is 46.1 Å². The Labute approximate surface area is 93.4 Å². The summed E-state index contributed by atoms with van der Waals surface area (Å²) in [6, 6.07) is 0. The van der Waals surface area contributed by atoms with E-state index in [0.717, 1.165) is 13.2 Å². The zero-order valence-corrected chi connectivity index (χ0v) is 9.44. The van der Waals surface area contributed by atoms with E-state index >= 15 is 0 Å². The summed E-state index contributed by atoms with van der Waals surface area (Å²) < 4.78 is 6.69. The third-order valence-corrected chi connectivity index (χ3v) is 0.996. The van der Waals surface area contributed by atoms with Crippen LogP contribution in [-0.2, 0) is 4.74 Å². The first-order chi connectivity index (χ1) is 6.22. The summed E-state index contributed by atoms with van der Waals surface area (Å²) in [7, 11) is 0. The molecular weight excluding hydrogens is 228 g/mol. The van der Waals surface area contributed by atoms with E-state index in [0.29, 0.717) is 11.7 Å². The van der Waals surface area contributed by atoms with Gasteiger partial charge < -0.3 is 20.9 Å². The van der Waals surface area contributed by atoms with Crippen molar-refractivity contribution in [3.05, 3.63) is 0 Å². The Kier molecular flexibility index (Phi) is 16.9. The lowest BCUT2D eigenvalue weighted by atomic mass is 10.7. The van der Waals surface area contributed by atoms with Gasteiger partial charge in [0.2, 0.25) is 0 Å². The number of hydrogen-bond acceptors (Lipinski definition) is 6. The Hall–Kier alpha value is -0.170. The Bertz CT molecular complexity index is 150. The van der Waals surface area contributed by atoms with E-state index < -0.39 is 0 Å². The first kappa shape index (κ1) is 15.3. The Morgan fingerprint density at radius 2 is 2.08 bits per heavy atom. The van der Waals surface area contributed by atoms with E-state index in [1.54, 1.807) is 0 Å². The molecule has 1 aliphatic rings. The minimum atomic E-state index is 0.0972. The van der Waals surface area contributed by atoms with Gasteiger partial charge >= 0.3 is 0 Å². The van der Waals surface area contributed by atoms with Gasteiger partial charge in [-0.1, -0.05) is 0 Å². The largest absolute Gasteiger partial charge is 0.469 e. The van der Waals surface area contributed by atoms with Gasteiger partial charge in [0.1, 0.15) is 6.61 Å². The van der Waals surface area contributed by atoms with Crippen LogP contribution in [0.1, 0.15) is 0 Å². The number of ether oxygens (including phenoxy) is 1. The normalized spacial score (nSPS) is 12.0. The van der Waals surface area contributed by atoms with Crippen LogP contribution in [0.3, 0.4) is 0 Å². The highest BCUT2D eigenvalue weighted by Gasteiger charge is 2.01. The van der Waals surface area contributed by atoms with Crippen LogP contribution in [0.4, 0.5) is 0 Å². The number of nitrogens with two attached hydrogens (primary N) is 1. The van der Waals surface area contributed by atoms with Crippen molar-refractivity contribution in [2.75, 3.05) is 26.3 Å². The lowest BCUT2D eigenvalue weighted by Crippen LogP contribution is -2.11. The van der Waals surface area contributed by atoms with Crippen LogP contribution < -0.4 is 11.1 Å². The fourth-order valence-corrected chi connectivity index (χ4v) is 0.533. The summed E-state index contributed by atoms with van der Waals surface area (Å²) in [4.78, 5) is 0. The van der Waals surface area contributed by atoms with E-state index in [9.17, 15) is 0 Å². The maximum absolute atomic E-state index is 7.75. The molecule has 7 heteroatoms. The molecule has 1 heterocycles. The first-order valence-electron chi connectivity index (χ1n) is 3.43. The van der Waals surface area contributed by atoms with Gasteiger partial charge in [0.25, 0.3) is 5.17 Å². The molecule has 0 bridgehead atoms. The van der Waals surface area contributed by atoms with E-state index in [2.05, 4.69) is 42.0 Å². The van der Waals surface area contributed by atoms with Crippen molar-refractivity contribution in [2.45, 2.75) is 0 Å². The van der Waals surface area contributed by atoms with E-state index in [4.69, 9.17) is 15.6 Å². The van der Waals surface area contributed by atoms with Crippen molar-refractivity contribution in [3.63, 3.8) is 0 Å². The summed E-state index contributed by atoms with van der Waals surface area (Å²) in [6.07, 6.45) is 0. The SMILES string of the molecule is NCCO.S=C1NCCO1.S=C=S. The van der Waals surface area contributed by atoms with Crippen molar-refractivity contribution in [1.82, 2.24) is 5.32 Å². The van der Waals surface area contributed by atoms with Crippen LogP contribution in [-0.4, -0.2) is 40.9 Å². The molecule has 0 atom stereocenters. The van der Waals surface area contributed by atoms with Gasteiger partial charge in [-0.25, -0.2) is 0 Å². The fraction of sp³-hybridized carbons (Fsp3) is 0.667. The molecule has 0 unspecified atom stereocenters. The molecule has 0 saturated carbocycles. The van der Waals surface area contributed by atoms with Crippen molar-refractivity contribution < 1.29 is 9.84 Å². The van der Waals surface area contributed by atoms with Crippen molar-refractivity contribution in [2.24, 2.45) is 5.73 Å². The van der Waals surface area contributed by atoms with Gasteiger partial charge in [0, 0.05) is 10.9 Å². The molecule has 0 aromatic rings. The minimum absolute atomic E-state index is 0.0972. The Morgan fingerprint density at radius 1 is 1.62 bits per heavy atom. The summed E-state index contributed by atoms with van der Waals surface area (Å²) in [5, 5.41) is 11.1. The van der Waals surface area contributed by atoms with Gasteiger partial charge in [-0.15, -0.1) is 0 Å². The smallest absolute Gasteiger partial charge is 0.256 e.